The Balaban J connectivity index is 2.63. The predicted molar refractivity (Wildman–Crippen MR) is 63.0 cm³/mol. The molecule has 3 heteroatoms. The number of nitrogens with zero attached hydrogens (tertiary/aromatic N) is 2. The maximum atomic E-state index is 11.4. The van der Waals surface area contributed by atoms with Crippen LogP contribution >= 0.6 is 0 Å². The lowest BCUT2D eigenvalue weighted by atomic mass is 10.2. The molecule has 2 aromatic rings. The van der Waals surface area contributed by atoms with Crippen molar-refractivity contribution in [2.45, 2.75) is 20.8 Å². The molecule has 16 heavy (non-hydrogen) atoms. The Kier molecular flexibility index (Phi) is 2.60. The fourth-order valence-corrected chi connectivity index (χ4v) is 2.00. The number of Topliss-reactive ketones (excluding diaryl/α,β-unsaturated/α-hetero) is 1. The fraction of sp³-hybridized carbons (Fsp3) is 0.231. The highest BCUT2D eigenvalue weighted by molar-refractivity contribution is 5.95. The lowest BCUT2D eigenvalue weighted by molar-refractivity contribution is 0.101. The van der Waals surface area contributed by atoms with Crippen LogP contribution in [0.3, 0.4) is 0 Å². The van der Waals surface area contributed by atoms with Crippen molar-refractivity contribution in [1.29, 1.82) is 0 Å². The first-order valence-electron chi connectivity index (χ1n) is 5.21. The lowest BCUT2D eigenvalue weighted by Gasteiger charge is -2.08. The molecule has 2 aromatic heterocycles. The summed E-state index contributed by atoms with van der Waals surface area (Å²) in [7, 11) is 0. The van der Waals surface area contributed by atoms with Crippen molar-refractivity contribution >= 4 is 5.78 Å². The molecule has 3 nitrogen and oxygen atoms in total. The van der Waals surface area contributed by atoms with E-state index in [1.807, 2.05) is 36.6 Å². The third-order valence-corrected chi connectivity index (χ3v) is 2.71. The average Bonchev–Trinajstić information content (AvgIpc) is 2.56. The molecule has 0 aliphatic rings. The molecule has 0 aliphatic carbocycles. The summed E-state index contributed by atoms with van der Waals surface area (Å²) in [5.74, 6) is 0.100. The summed E-state index contributed by atoms with van der Waals surface area (Å²) >= 11 is 0. The summed E-state index contributed by atoms with van der Waals surface area (Å²) in [5, 5.41) is 0. The SMILES string of the molecule is CC(=O)c1cc(C)n(-c2cccnc2)c1C. The van der Waals surface area contributed by atoms with E-state index in [1.165, 1.54) is 0 Å². The number of hydrogen-bond acceptors (Lipinski definition) is 2. The summed E-state index contributed by atoms with van der Waals surface area (Å²) in [6, 6.07) is 5.79. The van der Waals surface area contributed by atoms with Crippen LogP contribution in [0.25, 0.3) is 5.69 Å². The zero-order chi connectivity index (χ0) is 11.7. The molecule has 0 bridgehead atoms. The smallest absolute Gasteiger partial charge is 0.161 e. The number of hydrogen-bond donors (Lipinski definition) is 0. The van der Waals surface area contributed by atoms with E-state index in [9.17, 15) is 4.79 Å². The summed E-state index contributed by atoms with van der Waals surface area (Å²) < 4.78 is 2.05. The number of pyridine rings is 1. The van der Waals surface area contributed by atoms with Gasteiger partial charge < -0.3 is 4.57 Å². The highest BCUT2D eigenvalue weighted by Crippen LogP contribution is 2.20. The molecule has 0 N–H and O–H groups in total. The van der Waals surface area contributed by atoms with Crippen LogP contribution in [0, 0.1) is 13.8 Å². The minimum Gasteiger partial charge on any atom is -0.316 e. The summed E-state index contributed by atoms with van der Waals surface area (Å²) in [5.41, 5.74) is 3.79. The molecule has 0 atom stereocenters. The van der Waals surface area contributed by atoms with Crippen LogP contribution in [-0.2, 0) is 0 Å². The number of aryl methyl sites for hydroxylation is 1. The van der Waals surface area contributed by atoms with Gasteiger partial charge in [-0.2, -0.15) is 0 Å². The summed E-state index contributed by atoms with van der Waals surface area (Å²) in [6.07, 6.45) is 3.54. The van der Waals surface area contributed by atoms with Gasteiger partial charge in [0.05, 0.1) is 11.9 Å². The van der Waals surface area contributed by atoms with Gasteiger partial charge in [0.25, 0.3) is 0 Å². The molecular formula is C13H14N2O. The van der Waals surface area contributed by atoms with Crippen molar-refractivity contribution < 1.29 is 4.79 Å². The fourth-order valence-electron chi connectivity index (χ4n) is 2.00. The molecule has 0 aliphatic heterocycles. The van der Waals surface area contributed by atoms with Crippen LogP contribution in [0.15, 0.2) is 30.6 Å². The third kappa shape index (κ3) is 1.65. The molecule has 2 heterocycles. The molecule has 2 rings (SSSR count). The van der Waals surface area contributed by atoms with Gasteiger partial charge in [-0.15, -0.1) is 0 Å². The topological polar surface area (TPSA) is 34.9 Å². The number of carbonyl (C=O) groups excluding carboxylic acids is 1. The van der Waals surface area contributed by atoms with E-state index in [2.05, 4.69) is 4.98 Å². The van der Waals surface area contributed by atoms with Crippen molar-refractivity contribution in [3.05, 3.63) is 47.5 Å². The van der Waals surface area contributed by atoms with Crippen molar-refractivity contribution in [2.24, 2.45) is 0 Å². The van der Waals surface area contributed by atoms with Crippen LogP contribution in [0.1, 0.15) is 28.7 Å². The molecule has 0 saturated carbocycles. The number of rotatable bonds is 2. The van der Waals surface area contributed by atoms with Gasteiger partial charge in [-0.05, 0) is 39.0 Å². The molecule has 0 amide bonds. The Morgan fingerprint density at radius 2 is 2.12 bits per heavy atom. The van der Waals surface area contributed by atoms with Crippen LogP contribution in [0.2, 0.25) is 0 Å². The van der Waals surface area contributed by atoms with Crippen molar-refractivity contribution in [3.8, 4) is 5.69 Å². The predicted octanol–water partition coefficient (Wildman–Crippen LogP) is 2.69. The molecule has 0 radical (unpaired) electrons. The highest BCUT2D eigenvalue weighted by Gasteiger charge is 2.13. The quantitative estimate of drug-likeness (QED) is 0.720. The summed E-state index contributed by atoms with van der Waals surface area (Å²) in [4.78, 5) is 15.5. The van der Waals surface area contributed by atoms with Crippen LogP contribution < -0.4 is 0 Å². The van der Waals surface area contributed by atoms with Crippen LogP contribution in [0.5, 0.6) is 0 Å². The van der Waals surface area contributed by atoms with Gasteiger partial charge >= 0.3 is 0 Å². The Morgan fingerprint density at radius 3 is 2.62 bits per heavy atom. The first-order chi connectivity index (χ1) is 7.61. The van der Waals surface area contributed by atoms with E-state index in [-0.39, 0.29) is 5.78 Å². The zero-order valence-corrected chi connectivity index (χ0v) is 9.69. The largest absolute Gasteiger partial charge is 0.316 e. The van der Waals surface area contributed by atoms with Crippen LogP contribution in [0.4, 0.5) is 0 Å². The van der Waals surface area contributed by atoms with Gasteiger partial charge in [0.2, 0.25) is 0 Å². The van der Waals surface area contributed by atoms with E-state index in [0.717, 1.165) is 22.6 Å². The molecule has 0 spiro atoms. The molecular weight excluding hydrogens is 200 g/mol. The van der Waals surface area contributed by atoms with Gasteiger partial charge in [-0.3, -0.25) is 9.78 Å². The van der Waals surface area contributed by atoms with E-state index < -0.39 is 0 Å². The van der Waals surface area contributed by atoms with Gasteiger partial charge in [0.1, 0.15) is 0 Å². The Hall–Kier alpha value is -1.90. The lowest BCUT2D eigenvalue weighted by Crippen LogP contribution is -2.01. The van der Waals surface area contributed by atoms with Gasteiger partial charge in [-0.1, -0.05) is 0 Å². The Morgan fingerprint density at radius 1 is 1.38 bits per heavy atom. The second kappa shape index (κ2) is 3.93. The minimum atomic E-state index is 0.100. The number of carbonyl (C=O) groups is 1. The van der Waals surface area contributed by atoms with Crippen molar-refractivity contribution in [1.82, 2.24) is 9.55 Å². The first kappa shape index (κ1) is 10.6. The second-order valence-electron chi connectivity index (χ2n) is 3.89. The standard InChI is InChI=1S/C13H14N2O/c1-9-7-13(11(3)16)10(2)15(9)12-5-4-6-14-8-12/h4-8H,1-3H3. The molecule has 0 aromatic carbocycles. The molecule has 0 saturated heterocycles. The van der Waals surface area contributed by atoms with E-state index in [1.54, 1.807) is 19.3 Å². The first-order valence-corrected chi connectivity index (χ1v) is 5.21. The number of ketones is 1. The monoisotopic (exact) mass is 214 g/mol. The normalized spacial score (nSPS) is 10.4. The van der Waals surface area contributed by atoms with Gasteiger partial charge in [0, 0.05) is 23.1 Å². The maximum absolute atomic E-state index is 11.4. The molecule has 0 fully saturated rings. The van der Waals surface area contributed by atoms with Crippen molar-refractivity contribution in [3.63, 3.8) is 0 Å². The average molecular weight is 214 g/mol. The van der Waals surface area contributed by atoms with E-state index >= 15 is 0 Å². The van der Waals surface area contributed by atoms with E-state index in [4.69, 9.17) is 0 Å². The Bertz CT molecular complexity index is 526. The summed E-state index contributed by atoms with van der Waals surface area (Å²) in [6.45, 7) is 5.54. The van der Waals surface area contributed by atoms with Gasteiger partial charge in [-0.25, -0.2) is 0 Å². The second-order valence-corrected chi connectivity index (χ2v) is 3.89. The molecule has 82 valence electrons. The van der Waals surface area contributed by atoms with E-state index in [0.29, 0.717) is 0 Å². The maximum Gasteiger partial charge on any atom is 0.161 e. The Labute approximate surface area is 94.7 Å². The van der Waals surface area contributed by atoms with Crippen molar-refractivity contribution in [2.75, 3.05) is 0 Å². The minimum absolute atomic E-state index is 0.100. The third-order valence-electron chi connectivity index (χ3n) is 2.71. The number of aromatic nitrogens is 2. The molecule has 0 unspecified atom stereocenters. The van der Waals surface area contributed by atoms with Crippen LogP contribution in [-0.4, -0.2) is 15.3 Å². The zero-order valence-electron chi connectivity index (χ0n) is 9.69. The van der Waals surface area contributed by atoms with Gasteiger partial charge in [0.15, 0.2) is 5.78 Å². The highest BCUT2D eigenvalue weighted by atomic mass is 16.1.